The van der Waals surface area contributed by atoms with E-state index in [-0.39, 0.29) is 30.2 Å². The first kappa shape index (κ1) is 17.5. The van der Waals surface area contributed by atoms with Crippen LogP contribution < -0.4 is 5.32 Å². The van der Waals surface area contributed by atoms with Gasteiger partial charge < -0.3 is 15.3 Å². The van der Waals surface area contributed by atoms with Crippen LogP contribution in [0, 0.1) is 11.8 Å². The largest absolute Gasteiger partial charge is 0.480 e. The monoisotopic (exact) mass is 298 g/mol. The molecule has 3 unspecified atom stereocenters. The van der Waals surface area contributed by atoms with Crippen molar-refractivity contribution in [3.8, 4) is 0 Å². The number of aliphatic carboxylic acids is 1. The fourth-order valence-electron chi connectivity index (χ4n) is 2.54. The van der Waals surface area contributed by atoms with Crippen molar-refractivity contribution < 1.29 is 19.5 Å². The standard InChI is InChI=1S/C15H26N2O4/c1-5-10(4)17-8-11(7-13(17)18)14(19)16-12(15(20)21)6-9(2)3/h9-12H,5-8H2,1-4H3,(H,16,19)(H,20,21). The lowest BCUT2D eigenvalue weighted by atomic mass is 10.0. The van der Waals surface area contributed by atoms with E-state index in [2.05, 4.69) is 5.32 Å². The zero-order valence-corrected chi connectivity index (χ0v) is 13.3. The third kappa shape index (κ3) is 4.72. The summed E-state index contributed by atoms with van der Waals surface area (Å²) < 4.78 is 0. The van der Waals surface area contributed by atoms with Crippen LogP contribution in [0.5, 0.6) is 0 Å². The summed E-state index contributed by atoms with van der Waals surface area (Å²) in [6, 6.07) is -0.772. The van der Waals surface area contributed by atoms with E-state index in [0.29, 0.717) is 13.0 Å². The quantitative estimate of drug-likeness (QED) is 0.740. The number of likely N-dealkylation sites (tertiary alicyclic amines) is 1. The van der Waals surface area contributed by atoms with Crippen molar-refractivity contribution in [2.24, 2.45) is 11.8 Å². The summed E-state index contributed by atoms with van der Waals surface area (Å²) in [7, 11) is 0. The number of nitrogens with zero attached hydrogens (tertiary/aromatic N) is 1. The number of carboxylic acids is 1. The van der Waals surface area contributed by atoms with Crippen molar-refractivity contribution in [2.75, 3.05) is 6.54 Å². The highest BCUT2D eigenvalue weighted by atomic mass is 16.4. The molecule has 120 valence electrons. The van der Waals surface area contributed by atoms with Gasteiger partial charge in [-0.15, -0.1) is 0 Å². The molecule has 0 aliphatic carbocycles. The molecule has 1 fully saturated rings. The molecule has 1 saturated heterocycles. The predicted octanol–water partition coefficient (Wildman–Crippen LogP) is 1.25. The molecule has 0 radical (unpaired) electrons. The van der Waals surface area contributed by atoms with Crippen molar-refractivity contribution in [1.82, 2.24) is 10.2 Å². The molecule has 0 bridgehead atoms. The summed E-state index contributed by atoms with van der Waals surface area (Å²) in [5.41, 5.74) is 0. The molecule has 0 aromatic carbocycles. The van der Waals surface area contributed by atoms with Gasteiger partial charge in [-0.2, -0.15) is 0 Å². The van der Waals surface area contributed by atoms with Crippen LogP contribution in [-0.4, -0.2) is 46.4 Å². The number of hydrogen-bond acceptors (Lipinski definition) is 3. The summed E-state index contributed by atoms with van der Waals surface area (Å²) in [6.07, 6.45) is 1.40. The lowest BCUT2D eigenvalue weighted by Crippen LogP contribution is -2.45. The number of carbonyl (C=O) groups is 3. The second-order valence-corrected chi connectivity index (χ2v) is 6.23. The summed E-state index contributed by atoms with van der Waals surface area (Å²) in [6.45, 7) is 8.15. The normalized spacial score (nSPS) is 21.5. The van der Waals surface area contributed by atoms with Crippen LogP contribution >= 0.6 is 0 Å². The number of rotatable bonds is 7. The first-order chi connectivity index (χ1) is 9.76. The maximum absolute atomic E-state index is 12.2. The van der Waals surface area contributed by atoms with Crippen molar-refractivity contribution in [3.05, 3.63) is 0 Å². The Hall–Kier alpha value is -1.59. The molecule has 1 aliphatic heterocycles. The minimum Gasteiger partial charge on any atom is -0.480 e. The van der Waals surface area contributed by atoms with Gasteiger partial charge in [0.05, 0.1) is 5.92 Å². The fourth-order valence-corrected chi connectivity index (χ4v) is 2.54. The topological polar surface area (TPSA) is 86.7 Å². The summed E-state index contributed by atoms with van der Waals surface area (Å²) in [5.74, 6) is -1.66. The number of nitrogens with one attached hydrogen (secondary N) is 1. The van der Waals surface area contributed by atoms with Gasteiger partial charge in [0, 0.05) is 19.0 Å². The van der Waals surface area contributed by atoms with E-state index in [1.165, 1.54) is 0 Å². The number of hydrogen-bond donors (Lipinski definition) is 2. The summed E-state index contributed by atoms with van der Waals surface area (Å²) >= 11 is 0. The van der Waals surface area contributed by atoms with Gasteiger partial charge in [-0.3, -0.25) is 9.59 Å². The Morgan fingerprint density at radius 1 is 1.38 bits per heavy atom. The van der Waals surface area contributed by atoms with Gasteiger partial charge in [0.15, 0.2) is 0 Å². The average molecular weight is 298 g/mol. The molecule has 1 aliphatic rings. The molecule has 1 heterocycles. The van der Waals surface area contributed by atoms with Crippen LogP contribution in [0.2, 0.25) is 0 Å². The van der Waals surface area contributed by atoms with Crippen molar-refractivity contribution in [1.29, 1.82) is 0 Å². The zero-order valence-electron chi connectivity index (χ0n) is 13.3. The molecule has 0 aromatic rings. The smallest absolute Gasteiger partial charge is 0.326 e. The molecule has 2 amide bonds. The molecular weight excluding hydrogens is 272 g/mol. The second-order valence-electron chi connectivity index (χ2n) is 6.23. The first-order valence-corrected chi connectivity index (χ1v) is 7.58. The van der Waals surface area contributed by atoms with E-state index < -0.39 is 17.9 Å². The molecule has 3 atom stereocenters. The van der Waals surface area contributed by atoms with E-state index in [1.807, 2.05) is 27.7 Å². The third-order valence-corrected chi connectivity index (χ3v) is 3.97. The predicted molar refractivity (Wildman–Crippen MR) is 78.6 cm³/mol. The Labute approximate surface area is 125 Å². The molecule has 6 nitrogen and oxygen atoms in total. The molecule has 6 heteroatoms. The summed E-state index contributed by atoms with van der Waals surface area (Å²) in [5, 5.41) is 11.7. The minimum absolute atomic E-state index is 0.0276. The fraction of sp³-hybridized carbons (Fsp3) is 0.800. The lowest BCUT2D eigenvalue weighted by Gasteiger charge is -2.23. The molecule has 21 heavy (non-hydrogen) atoms. The Morgan fingerprint density at radius 2 is 2.00 bits per heavy atom. The van der Waals surface area contributed by atoms with Gasteiger partial charge in [-0.1, -0.05) is 20.8 Å². The van der Waals surface area contributed by atoms with E-state index in [4.69, 9.17) is 5.11 Å². The van der Waals surface area contributed by atoms with Crippen LogP contribution in [0.15, 0.2) is 0 Å². The van der Waals surface area contributed by atoms with Gasteiger partial charge in [0.2, 0.25) is 11.8 Å². The van der Waals surface area contributed by atoms with Gasteiger partial charge in [-0.05, 0) is 25.7 Å². The van der Waals surface area contributed by atoms with Crippen LogP contribution in [0.3, 0.4) is 0 Å². The Bertz CT molecular complexity index is 408. The van der Waals surface area contributed by atoms with Crippen LogP contribution in [0.4, 0.5) is 0 Å². The van der Waals surface area contributed by atoms with Gasteiger partial charge in [0.1, 0.15) is 6.04 Å². The van der Waals surface area contributed by atoms with Crippen LogP contribution in [0.25, 0.3) is 0 Å². The number of carboxylic acid groups (broad SMARTS) is 1. The molecule has 1 rings (SSSR count). The van der Waals surface area contributed by atoms with Crippen molar-refractivity contribution in [3.63, 3.8) is 0 Å². The van der Waals surface area contributed by atoms with Crippen molar-refractivity contribution >= 4 is 17.8 Å². The number of amides is 2. The van der Waals surface area contributed by atoms with Crippen molar-refractivity contribution in [2.45, 2.75) is 59.0 Å². The third-order valence-electron chi connectivity index (χ3n) is 3.97. The second kappa shape index (κ2) is 7.43. The Balaban J connectivity index is 2.63. The maximum Gasteiger partial charge on any atom is 0.326 e. The van der Waals surface area contributed by atoms with E-state index in [9.17, 15) is 14.4 Å². The minimum atomic E-state index is -1.03. The zero-order chi connectivity index (χ0) is 16.2. The average Bonchev–Trinajstić information content (AvgIpc) is 2.78. The Morgan fingerprint density at radius 3 is 2.48 bits per heavy atom. The number of carbonyl (C=O) groups excluding carboxylic acids is 2. The first-order valence-electron chi connectivity index (χ1n) is 7.58. The van der Waals surface area contributed by atoms with E-state index >= 15 is 0 Å². The highest BCUT2D eigenvalue weighted by molar-refractivity contribution is 5.91. The lowest BCUT2D eigenvalue weighted by molar-refractivity contribution is -0.142. The molecule has 0 saturated carbocycles. The summed E-state index contributed by atoms with van der Waals surface area (Å²) in [4.78, 5) is 37.0. The SMILES string of the molecule is CCC(C)N1CC(C(=O)NC(CC(C)C)C(=O)O)CC1=O. The molecule has 0 spiro atoms. The molecule has 0 aromatic heterocycles. The Kier molecular flexibility index (Phi) is 6.18. The van der Waals surface area contributed by atoms with Crippen LogP contribution in [-0.2, 0) is 14.4 Å². The van der Waals surface area contributed by atoms with Crippen LogP contribution in [0.1, 0.15) is 47.0 Å². The van der Waals surface area contributed by atoms with Gasteiger partial charge in [0.25, 0.3) is 0 Å². The van der Waals surface area contributed by atoms with Gasteiger partial charge >= 0.3 is 5.97 Å². The highest BCUT2D eigenvalue weighted by Crippen LogP contribution is 2.22. The molecular formula is C15H26N2O4. The van der Waals surface area contributed by atoms with Gasteiger partial charge in [-0.25, -0.2) is 4.79 Å². The maximum atomic E-state index is 12.2. The molecule has 2 N–H and O–H groups in total. The highest BCUT2D eigenvalue weighted by Gasteiger charge is 2.37. The van der Waals surface area contributed by atoms with E-state index in [0.717, 1.165) is 6.42 Å². The van der Waals surface area contributed by atoms with E-state index in [1.54, 1.807) is 4.90 Å².